The Morgan fingerprint density at radius 3 is 2.19 bits per heavy atom. The first-order valence-corrected chi connectivity index (χ1v) is 9.49. The minimum Gasteiger partial charge on any atom is -0.365 e. The highest BCUT2D eigenvalue weighted by molar-refractivity contribution is 5.95. The number of para-hydroxylation sites is 1. The van der Waals surface area contributed by atoms with Crippen LogP contribution >= 0.6 is 0 Å². The van der Waals surface area contributed by atoms with E-state index in [-0.39, 0.29) is 5.91 Å². The van der Waals surface area contributed by atoms with Gasteiger partial charge in [-0.15, -0.1) is 0 Å². The number of rotatable bonds is 3. The number of carbonyl (C=O) groups excluding carboxylic acids is 1. The average molecular weight is 356 g/mol. The summed E-state index contributed by atoms with van der Waals surface area (Å²) in [5, 5.41) is 0. The number of benzene rings is 3. The predicted molar refractivity (Wildman–Crippen MR) is 111 cm³/mol. The maximum Gasteiger partial charge on any atom is 0.254 e. The fourth-order valence-electron chi connectivity index (χ4n) is 3.79. The fraction of sp³-hybridized carbons (Fsp3) is 0.208. The van der Waals surface area contributed by atoms with Gasteiger partial charge in [0.1, 0.15) is 0 Å². The second kappa shape index (κ2) is 7.67. The van der Waals surface area contributed by atoms with Crippen LogP contribution in [0.2, 0.25) is 0 Å². The molecule has 0 bridgehead atoms. The van der Waals surface area contributed by atoms with E-state index in [1.807, 2.05) is 47.4 Å². The van der Waals surface area contributed by atoms with Crippen molar-refractivity contribution in [3.05, 3.63) is 90.5 Å². The van der Waals surface area contributed by atoms with Crippen molar-refractivity contribution in [2.45, 2.75) is 13.0 Å². The van der Waals surface area contributed by atoms with Gasteiger partial charge < -0.3 is 9.80 Å². The standard InChI is InChI=1S/C24H24N2O/c1-19-18-25(15-16-26(19)23-13-6-3-7-14-23)24(27)22-12-8-11-21(17-22)20-9-4-2-5-10-20/h2-14,17,19H,15-16,18H2,1H3. The molecule has 3 aromatic carbocycles. The van der Waals surface area contributed by atoms with Gasteiger partial charge >= 0.3 is 0 Å². The second-order valence-corrected chi connectivity index (χ2v) is 7.08. The van der Waals surface area contributed by atoms with Crippen LogP contribution in [-0.4, -0.2) is 36.5 Å². The van der Waals surface area contributed by atoms with E-state index in [0.717, 1.165) is 36.3 Å². The van der Waals surface area contributed by atoms with Crippen molar-refractivity contribution in [3.63, 3.8) is 0 Å². The minimum absolute atomic E-state index is 0.118. The molecule has 1 atom stereocenters. The lowest BCUT2D eigenvalue weighted by molar-refractivity contribution is 0.0726. The average Bonchev–Trinajstić information content (AvgIpc) is 2.74. The Morgan fingerprint density at radius 1 is 0.815 bits per heavy atom. The van der Waals surface area contributed by atoms with Gasteiger partial charge in [0.05, 0.1) is 0 Å². The van der Waals surface area contributed by atoms with Gasteiger partial charge in [-0.3, -0.25) is 4.79 Å². The number of hydrogen-bond donors (Lipinski definition) is 0. The van der Waals surface area contributed by atoms with Crippen LogP contribution in [0.4, 0.5) is 5.69 Å². The van der Waals surface area contributed by atoms with Gasteiger partial charge in [0.15, 0.2) is 0 Å². The molecule has 136 valence electrons. The van der Waals surface area contributed by atoms with Crippen LogP contribution in [0.15, 0.2) is 84.9 Å². The molecule has 1 heterocycles. The van der Waals surface area contributed by atoms with E-state index in [9.17, 15) is 4.79 Å². The molecule has 3 nitrogen and oxygen atoms in total. The monoisotopic (exact) mass is 356 g/mol. The molecule has 27 heavy (non-hydrogen) atoms. The molecule has 0 aromatic heterocycles. The fourth-order valence-corrected chi connectivity index (χ4v) is 3.79. The van der Waals surface area contributed by atoms with Crippen LogP contribution in [0.25, 0.3) is 11.1 Å². The highest BCUT2D eigenvalue weighted by Gasteiger charge is 2.27. The highest BCUT2D eigenvalue weighted by Crippen LogP contribution is 2.23. The lowest BCUT2D eigenvalue weighted by Crippen LogP contribution is -2.53. The van der Waals surface area contributed by atoms with Crippen LogP contribution < -0.4 is 4.90 Å². The van der Waals surface area contributed by atoms with Crippen LogP contribution in [0.1, 0.15) is 17.3 Å². The first-order valence-electron chi connectivity index (χ1n) is 9.49. The zero-order chi connectivity index (χ0) is 18.6. The van der Waals surface area contributed by atoms with Gasteiger partial charge in [-0.1, -0.05) is 60.7 Å². The van der Waals surface area contributed by atoms with Gasteiger partial charge in [-0.25, -0.2) is 0 Å². The molecule has 1 unspecified atom stereocenters. The molecule has 3 aromatic rings. The Bertz CT molecular complexity index is 908. The second-order valence-electron chi connectivity index (χ2n) is 7.08. The van der Waals surface area contributed by atoms with E-state index in [0.29, 0.717) is 6.04 Å². The summed E-state index contributed by atoms with van der Waals surface area (Å²) in [6, 6.07) is 28.9. The third kappa shape index (κ3) is 3.72. The number of piperazine rings is 1. The van der Waals surface area contributed by atoms with E-state index in [4.69, 9.17) is 0 Å². The Labute approximate surface area is 160 Å². The SMILES string of the molecule is CC1CN(C(=O)c2cccc(-c3ccccc3)c2)CCN1c1ccccc1. The molecule has 4 rings (SSSR count). The first kappa shape index (κ1) is 17.3. The van der Waals surface area contributed by atoms with Crippen molar-refractivity contribution in [2.24, 2.45) is 0 Å². The summed E-state index contributed by atoms with van der Waals surface area (Å²) in [5.74, 6) is 0.118. The maximum atomic E-state index is 13.1. The van der Waals surface area contributed by atoms with E-state index >= 15 is 0 Å². The molecule has 1 aliphatic heterocycles. The molecule has 1 aliphatic rings. The lowest BCUT2D eigenvalue weighted by Gasteiger charge is -2.41. The predicted octanol–water partition coefficient (Wildman–Crippen LogP) is 4.70. The molecule has 0 aliphatic carbocycles. The zero-order valence-electron chi connectivity index (χ0n) is 15.6. The molecular weight excluding hydrogens is 332 g/mol. The number of amides is 1. The van der Waals surface area contributed by atoms with Crippen LogP contribution in [-0.2, 0) is 0 Å². The number of anilines is 1. The van der Waals surface area contributed by atoms with Crippen LogP contribution in [0.3, 0.4) is 0 Å². The minimum atomic E-state index is 0.118. The first-order chi connectivity index (χ1) is 13.2. The molecule has 0 radical (unpaired) electrons. The number of nitrogens with zero attached hydrogens (tertiary/aromatic N) is 2. The van der Waals surface area contributed by atoms with Crippen molar-refractivity contribution in [1.82, 2.24) is 4.90 Å². The van der Waals surface area contributed by atoms with E-state index in [1.165, 1.54) is 5.69 Å². The Balaban J connectivity index is 1.50. The van der Waals surface area contributed by atoms with E-state index in [2.05, 4.69) is 54.3 Å². The summed E-state index contributed by atoms with van der Waals surface area (Å²) in [6.07, 6.45) is 0. The number of hydrogen-bond acceptors (Lipinski definition) is 2. The Kier molecular flexibility index (Phi) is 4.93. The summed E-state index contributed by atoms with van der Waals surface area (Å²) >= 11 is 0. The third-order valence-corrected chi connectivity index (χ3v) is 5.22. The van der Waals surface area contributed by atoms with Crippen molar-refractivity contribution in [3.8, 4) is 11.1 Å². The Morgan fingerprint density at radius 2 is 1.48 bits per heavy atom. The van der Waals surface area contributed by atoms with Gasteiger partial charge in [-0.2, -0.15) is 0 Å². The normalized spacial score (nSPS) is 17.0. The van der Waals surface area contributed by atoms with Crippen molar-refractivity contribution in [2.75, 3.05) is 24.5 Å². The van der Waals surface area contributed by atoms with Gasteiger partial charge in [0, 0.05) is 36.9 Å². The van der Waals surface area contributed by atoms with E-state index in [1.54, 1.807) is 0 Å². The molecule has 0 spiro atoms. The maximum absolute atomic E-state index is 13.1. The summed E-state index contributed by atoms with van der Waals surface area (Å²) in [4.78, 5) is 17.4. The highest BCUT2D eigenvalue weighted by atomic mass is 16.2. The van der Waals surface area contributed by atoms with Crippen molar-refractivity contribution in [1.29, 1.82) is 0 Å². The topological polar surface area (TPSA) is 23.6 Å². The molecule has 3 heteroatoms. The molecule has 1 fully saturated rings. The molecule has 0 N–H and O–H groups in total. The largest absolute Gasteiger partial charge is 0.365 e. The van der Waals surface area contributed by atoms with E-state index < -0.39 is 0 Å². The molecular formula is C24H24N2O. The smallest absolute Gasteiger partial charge is 0.254 e. The summed E-state index contributed by atoms with van der Waals surface area (Å²) in [6.45, 7) is 4.53. The van der Waals surface area contributed by atoms with Crippen LogP contribution in [0.5, 0.6) is 0 Å². The lowest BCUT2D eigenvalue weighted by atomic mass is 10.0. The van der Waals surface area contributed by atoms with Crippen LogP contribution in [0, 0.1) is 0 Å². The molecule has 0 saturated carbocycles. The van der Waals surface area contributed by atoms with Crippen molar-refractivity contribution < 1.29 is 4.79 Å². The van der Waals surface area contributed by atoms with Crippen molar-refractivity contribution >= 4 is 11.6 Å². The molecule has 1 saturated heterocycles. The number of carbonyl (C=O) groups is 1. The third-order valence-electron chi connectivity index (χ3n) is 5.22. The summed E-state index contributed by atoms with van der Waals surface area (Å²) < 4.78 is 0. The Hall–Kier alpha value is -3.07. The zero-order valence-corrected chi connectivity index (χ0v) is 15.6. The van der Waals surface area contributed by atoms with Gasteiger partial charge in [0.25, 0.3) is 5.91 Å². The quantitative estimate of drug-likeness (QED) is 0.679. The summed E-state index contributed by atoms with van der Waals surface area (Å²) in [5.41, 5.74) is 4.20. The van der Waals surface area contributed by atoms with Gasteiger partial charge in [-0.05, 0) is 42.3 Å². The van der Waals surface area contributed by atoms with Gasteiger partial charge in [0.2, 0.25) is 0 Å². The summed E-state index contributed by atoms with van der Waals surface area (Å²) in [7, 11) is 0. The molecule has 1 amide bonds.